The number of carboxylic acid groups (broad SMARTS) is 1. The molecule has 13 heavy (non-hydrogen) atoms. The van der Waals surface area contributed by atoms with E-state index >= 15 is 0 Å². The first kappa shape index (κ1) is 9.77. The second kappa shape index (κ2) is 4.07. The molecule has 1 aliphatic rings. The third-order valence-electron chi connectivity index (χ3n) is 2.42. The SMILES string of the molecule is CNC1=C(C=N)CC(C(=O)O)CC1. The molecular formula is C9H14N2O2. The summed E-state index contributed by atoms with van der Waals surface area (Å²) in [4.78, 5) is 10.7. The number of aliphatic carboxylic acids is 1. The van der Waals surface area contributed by atoms with Crippen molar-refractivity contribution in [2.45, 2.75) is 19.3 Å². The fourth-order valence-corrected chi connectivity index (χ4v) is 1.61. The van der Waals surface area contributed by atoms with E-state index in [1.165, 1.54) is 6.21 Å². The number of nitrogens with one attached hydrogen (secondary N) is 2. The fraction of sp³-hybridized carbons (Fsp3) is 0.556. The number of rotatable bonds is 3. The van der Waals surface area contributed by atoms with E-state index in [1.807, 2.05) is 0 Å². The molecule has 1 atom stereocenters. The largest absolute Gasteiger partial charge is 0.481 e. The average molecular weight is 182 g/mol. The van der Waals surface area contributed by atoms with Crippen LogP contribution in [0.1, 0.15) is 19.3 Å². The summed E-state index contributed by atoms with van der Waals surface area (Å²) in [7, 11) is 1.81. The van der Waals surface area contributed by atoms with E-state index in [0.29, 0.717) is 12.8 Å². The van der Waals surface area contributed by atoms with E-state index in [9.17, 15) is 4.79 Å². The van der Waals surface area contributed by atoms with Gasteiger partial charge in [-0.3, -0.25) is 4.79 Å². The lowest BCUT2D eigenvalue weighted by Crippen LogP contribution is -2.23. The van der Waals surface area contributed by atoms with Crippen molar-refractivity contribution in [3.63, 3.8) is 0 Å². The van der Waals surface area contributed by atoms with Crippen LogP contribution < -0.4 is 5.32 Å². The predicted octanol–water partition coefficient (Wildman–Crippen LogP) is 0.994. The van der Waals surface area contributed by atoms with Crippen LogP contribution in [-0.2, 0) is 4.79 Å². The maximum atomic E-state index is 10.7. The van der Waals surface area contributed by atoms with Gasteiger partial charge in [-0.2, -0.15) is 0 Å². The van der Waals surface area contributed by atoms with Crippen molar-refractivity contribution in [1.29, 1.82) is 5.41 Å². The molecule has 0 heterocycles. The Kier molecular flexibility index (Phi) is 3.06. The lowest BCUT2D eigenvalue weighted by molar-refractivity contribution is -0.142. The van der Waals surface area contributed by atoms with Gasteiger partial charge in [0.05, 0.1) is 5.92 Å². The first-order valence-electron chi connectivity index (χ1n) is 4.32. The maximum Gasteiger partial charge on any atom is 0.306 e. The smallest absolute Gasteiger partial charge is 0.306 e. The Hall–Kier alpha value is -1.32. The Balaban J connectivity index is 2.77. The molecule has 0 saturated carbocycles. The Morgan fingerprint density at radius 3 is 2.92 bits per heavy atom. The molecule has 0 aromatic rings. The van der Waals surface area contributed by atoms with Crippen LogP contribution >= 0.6 is 0 Å². The van der Waals surface area contributed by atoms with Crippen LogP contribution in [0, 0.1) is 11.3 Å². The molecule has 0 fully saturated rings. The molecular weight excluding hydrogens is 168 g/mol. The summed E-state index contributed by atoms with van der Waals surface area (Å²) in [5.41, 5.74) is 1.83. The van der Waals surface area contributed by atoms with Crippen LogP contribution in [0.3, 0.4) is 0 Å². The highest BCUT2D eigenvalue weighted by Crippen LogP contribution is 2.26. The summed E-state index contributed by atoms with van der Waals surface area (Å²) in [5.74, 6) is -1.07. The first-order valence-corrected chi connectivity index (χ1v) is 4.32. The van der Waals surface area contributed by atoms with Gasteiger partial charge in [0.1, 0.15) is 0 Å². The normalized spacial score (nSPS) is 22.7. The number of allylic oxidation sites excluding steroid dienone is 2. The second-order valence-electron chi connectivity index (χ2n) is 3.18. The molecule has 1 unspecified atom stereocenters. The van der Waals surface area contributed by atoms with E-state index in [0.717, 1.165) is 17.7 Å². The zero-order chi connectivity index (χ0) is 9.84. The highest BCUT2D eigenvalue weighted by molar-refractivity contribution is 5.80. The van der Waals surface area contributed by atoms with E-state index in [1.54, 1.807) is 7.05 Å². The highest BCUT2D eigenvalue weighted by atomic mass is 16.4. The second-order valence-corrected chi connectivity index (χ2v) is 3.18. The van der Waals surface area contributed by atoms with Crippen molar-refractivity contribution >= 4 is 12.2 Å². The van der Waals surface area contributed by atoms with Gasteiger partial charge in [0.25, 0.3) is 0 Å². The summed E-state index contributed by atoms with van der Waals surface area (Å²) >= 11 is 0. The number of carbonyl (C=O) groups is 1. The molecule has 4 heteroatoms. The summed E-state index contributed by atoms with van der Waals surface area (Å²) in [5, 5.41) is 18.9. The quantitative estimate of drug-likeness (QED) is 0.570. The van der Waals surface area contributed by atoms with Gasteiger partial charge in [0.15, 0.2) is 0 Å². The molecule has 0 bridgehead atoms. The van der Waals surface area contributed by atoms with Crippen molar-refractivity contribution in [3.8, 4) is 0 Å². The van der Waals surface area contributed by atoms with Crippen LogP contribution in [-0.4, -0.2) is 24.3 Å². The van der Waals surface area contributed by atoms with Crippen LogP contribution in [0.4, 0.5) is 0 Å². The van der Waals surface area contributed by atoms with E-state index < -0.39 is 5.97 Å². The topological polar surface area (TPSA) is 73.2 Å². The molecule has 1 rings (SSSR count). The third-order valence-corrected chi connectivity index (χ3v) is 2.42. The summed E-state index contributed by atoms with van der Waals surface area (Å²) in [6, 6.07) is 0. The average Bonchev–Trinajstić information content (AvgIpc) is 2.16. The Morgan fingerprint density at radius 1 is 1.77 bits per heavy atom. The number of hydrogen-bond donors (Lipinski definition) is 3. The molecule has 1 aliphatic carbocycles. The first-order chi connectivity index (χ1) is 6.19. The maximum absolute atomic E-state index is 10.7. The summed E-state index contributed by atoms with van der Waals surface area (Å²) in [6.07, 6.45) is 3.14. The third kappa shape index (κ3) is 2.08. The lowest BCUT2D eigenvalue weighted by Gasteiger charge is -2.22. The van der Waals surface area contributed by atoms with Crippen molar-refractivity contribution in [2.75, 3.05) is 7.05 Å². The van der Waals surface area contributed by atoms with E-state index in [2.05, 4.69) is 5.32 Å². The minimum absolute atomic E-state index is 0.311. The van der Waals surface area contributed by atoms with Crippen molar-refractivity contribution in [2.24, 2.45) is 5.92 Å². The minimum Gasteiger partial charge on any atom is -0.481 e. The van der Waals surface area contributed by atoms with Crippen LogP contribution in [0.2, 0.25) is 0 Å². The van der Waals surface area contributed by atoms with Gasteiger partial charge in [-0.25, -0.2) is 0 Å². The van der Waals surface area contributed by atoms with Crippen molar-refractivity contribution < 1.29 is 9.90 Å². The highest BCUT2D eigenvalue weighted by Gasteiger charge is 2.24. The summed E-state index contributed by atoms with van der Waals surface area (Å²) < 4.78 is 0. The molecule has 0 amide bonds. The van der Waals surface area contributed by atoms with Gasteiger partial charge >= 0.3 is 5.97 Å². The van der Waals surface area contributed by atoms with Gasteiger partial charge < -0.3 is 15.8 Å². The predicted molar refractivity (Wildman–Crippen MR) is 49.8 cm³/mol. The molecule has 0 aromatic heterocycles. The van der Waals surface area contributed by atoms with Crippen molar-refractivity contribution in [1.82, 2.24) is 5.32 Å². The molecule has 0 radical (unpaired) electrons. The van der Waals surface area contributed by atoms with Crippen LogP contribution in [0.5, 0.6) is 0 Å². The van der Waals surface area contributed by atoms with E-state index in [4.69, 9.17) is 10.5 Å². The zero-order valence-corrected chi connectivity index (χ0v) is 7.63. The van der Waals surface area contributed by atoms with Crippen LogP contribution in [0.15, 0.2) is 11.3 Å². The molecule has 4 nitrogen and oxygen atoms in total. The molecule has 0 aliphatic heterocycles. The Morgan fingerprint density at radius 2 is 2.46 bits per heavy atom. The number of hydrogen-bond acceptors (Lipinski definition) is 3. The minimum atomic E-state index is -0.755. The lowest BCUT2D eigenvalue weighted by atomic mass is 9.87. The molecule has 72 valence electrons. The summed E-state index contributed by atoms with van der Waals surface area (Å²) in [6.45, 7) is 0. The standard InChI is InChI=1S/C9H14N2O2/c1-11-8-3-2-6(9(12)13)4-7(8)5-10/h5-6,10-11H,2-4H2,1H3,(H,12,13). The molecule has 0 aromatic carbocycles. The zero-order valence-electron chi connectivity index (χ0n) is 7.63. The fourth-order valence-electron chi connectivity index (χ4n) is 1.61. The molecule has 0 spiro atoms. The number of carboxylic acids is 1. The molecule has 3 N–H and O–H groups in total. The van der Waals surface area contributed by atoms with Crippen molar-refractivity contribution in [3.05, 3.63) is 11.3 Å². The Labute approximate surface area is 77.2 Å². The van der Waals surface area contributed by atoms with Crippen LogP contribution in [0.25, 0.3) is 0 Å². The Bertz CT molecular complexity index is 258. The van der Waals surface area contributed by atoms with Gasteiger partial charge in [-0.05, 0) is 24.8 Å². The van der Waals surface area contributed by atoms with E-state index in [-0.39, 0.29) is 5.92 Å². The monoisotopic (exact) mass is 182 g/mol. The van der Waals surface area contributed by atoms with Gasteiger partial charge in [-0.15, -0.1) is 0 Å². The molecule has 0 saturated heterocycles. The van der Waals surface area contributed by atoms with Gasteiger partial charge in [0, 0.05) is 19.0 Å². The van der Waals surface area contributed by atoms with Gasteiger partial charge in [-0.1, -0.05) is 0 Å². The van der Waals surface area contributed by atoms with Gasteiger partial charge in [0.2, 0.25) is 0 Å².